The molecular formula is C17H11Cl4N3. The highest BCUT2D eigenvalue weighted by Gasteiger charge is 2.24. The lowest BCUT2D eigenvalue weighted by Gasteiger charge is -2.07. The van der Waals surface area contributed by atoms with Gasteiger partial charge in [0.15, 0.2) is 0 Å². The first kappa shape index (κ1) is 16.1. The summed E-state index contributed by atoms with van der Waals surface area (Å²) < 4.78 is 1.83. The van der Waals surface area contributed by atoms with Crippen molar-refractivity contribution in [3.05, 3.63) is 62.1 Å². The molecular weight excluding hydrogens is 388 g/mol. The molecule has 2 aromatic carbocycles. The molecule has 0 saturated heterocycles. The van der Waals surface area contributed by atoms with Gasteiger partial charge in [-0.15, -0.1) is 0 Å². The Bertz CT molecular complexity index is 929. The maximum absolute atomic E-state index is 6.16. The fraction of sp³-hybridized carbons (Fsp3) is 0.118. The zero-order valence-electron chi connectivity index (χ0n) is 12.3. The highest BCUT2D eigenvalue weighted by Crippen LogP contribution is 2.37. The van der Waals surface area contributed by atoms with Gasteiger partial charge < -0.3 is 5.32 Å². The minimum Gasteiger partial charge on any atom is -0.369 e. The van der Waals surface area contributed by atoms with Crippen molar-refractivity contribution in [3.8, 4) is 16.9 Å². The molecule has 0 saturated carbocycles. The molecule has 0 radical (unpaired) electrons. The van der Waals surface area contributed by atoms with Crippen LogP contribution in [-0.4, -0.2) is 16.3 Å². The van der Waals surface area contributed by atoms with Crippen molar-refractivity contribution in [1.29, 1.82) is 0 Å². The van der Waals surface area contributed by atoms with Gasteiger partial charge >= 0.3 is 0 Å². The van der Waals surface area contributed by atoms with Gasteiger partial charge in [0.25, 0.3) is 0 Å². The van der Waals surface area contributed by atoms with Crippen molar-refractivity contribution in [3.63, 3.8) is 0 Å². The van der Waals surface area contributed by atoms with E-state index in [9.17, 15) is 0 Å². The number of halogens is 4. The molecule has 1 aromatic heterocycles. The van der Waals surface area contributed by atoms with Crippen LogP contribution in [0.25, 0.3) is 16.9 Å². The molecule has 3 nitrogen and oxygen atoms in total. The summed E-state index contributed by atoms with van der Waals surface area (Å²) in [6.07, 6.45) is 0.888. The van der Waals surface area contributed by atoms with Crippen molar-refractivity contribution in [2.45, 2.75) is 6.42 Å². The first-order valence-corrected chi connectivity index (χ1v) is 8.82. The van der Waals surface area contributed by atoms with Gasteiger partial charge in [0.05, 0.1) is 21.4 Å². The van der Waals surface area contributed by atoms with Crippen LogP contribution in [-0.2, 0) is 6.42 Å². The molecule has 0 fully saturated rings. The summed E-state index contributed by atoms with van der Waals surface area (Å²) in [6.45, 7) is 0.857. The van der Waals surface area contributed by atoms with Crippen LogP contribution in [0.2, 0.25) is 20.1 Å². The van der Waals surface area contributed by atoms with Gasteiger partial charge in [0.1, 0.15) is 5.82 Å². The summed E-state index contributed by atoms with van der Waals surface area (Å²) in [5.74, 6) is 0.953. The first-order valence-electron chi connectivity index (χ1n) is 7.30. The second-order valence-electron chi connectivity index (χ2n) is 5.52. The molecule has 0 amide bonds. The van der Waals surface area contributed by atoms with E-state index in [2.05, 4.69) is 5.32 Å². The van der Waals surface area contributed by atoms with Crippen LogP contribution >= 0.6 is 46.4 Å². The molecule has 0 bridgehead atoms. The first-order chi connectivity index (χ1) is 11.5. The minimum atomic E-state index is 0.509. The van der Waals surface area contributed by atoms with Gasteiger partial charge in [0, 0.05) is 27.7 Å². The minimum absolute atomic E-state index is 0.509. The molecule has 3 aromatic rings. The highest BCUT2D eigenvalue weighted by atomic mass is 35.5. The molecule has 4 rings (SSSR count). The lowest BCUT2D eigenvalue weighted by atomic mass is 10.1. The fourth-order valence-electron chi connectivity index (χ4n) is 2.90. The summed E-state index contributed by atoms with van der Waals surface area (Å²) in [5, 5.41) is 10.3. The summed E-state index contributed by atoms with van der Waals surface area (Å²) in [7, 11) is 0. The molecule has 0 unspecified atom stereocenters. The molecule has 0 atom stereocenters. The van der Waals surface area contributed by atoms with Crippen LogP contribution < -0.4 is 5.32 Å². The Hall–Kier alpha value is -1.39. The molecule has 7 heteroatoms. The normalized spacial score (nSPS) is 13.0. The number of anilines is 1. The van der Waals surface area contributed by atoms with Crippen LogP contribution in [0.4, 0.5) is 5.82 Å². The number of hydrogen-bond acceptors (Lipinski definition) is 2. The second-order valence-corrected chi connectivity index (χ2v) is 7.21. The SMILES string of the molecule is Clc1cc(Cl)cc(-n2nc(-c3ccc(Cl)c(Cl)c3)c3c2NCC3)c1. The predicted molar refractivity (Wildman–Crippen MR) is 101 cm³/mol. The van der Waals surface area contributed by atoms with Crippen molar-refractivity contribution in [1.82, 2.24) is 9.78 Å². The van der Waals surface area contributed by atoms with E-state index >= 15 is 0 Å². The fourth-order valence-corrected chi connectivity index (χ4v) is 3.71. The van der Waals surface area contributed by atoms with Gasteiger partial charge in [0.2, 0.25) is 0 Å². The van der Waals surface area contributed by atoms with E-state index in [0.29, 0.717) is 20.1 Å². The topological polar surface area (TPSA) is 29.9 Å². The average Bonchev–Trinajstić information content (AvgIpc) is 3.11. The molecule has 1 aliphatic heterocycles. The van der Waals surface area contributed by atoms with Crippen LogP contribution in [0.5, 0.6) is 0 Å². The number of nitrogens with one attached hydrogen (secondary N) is 1. The van der Waals surface area contributed by atoms with Crippen molar-refractivity contribution >= 4 is 52.2 Å². The Morgan fingerprint density at radius 2 is 1.67 bits per heavy atom. The zero-order chi connectivity index (χ0) is 16.8. The molecule has 1 aliphatic rings. The molecule has 0 spiro atoms. The molecule has 24 heavy (non-hydrogen) atoms. The Morgan fingerprint density at radius 1 is 0.917 bits per heavy atom. The van der Waals surface area contributed by atoms with Gasteiger partial charge in [-0.2, -0.15) is 5.10 Å². The van der Waals surface area contributed by atoms with E-state index in [1.54, 1.807) is 12.1 Å². The Morgan fingerprint density at radius 3 is 2.38 bits per heavy atom. The van der Waals surface area contributed by atoms with Crippen molar-refractivity contribution in [2.75, 3.05) is 11.9 Å². The van der Waals surface area contributed by atoms with Gasteiger partial charge in [-0.3, -0.25) is 0 Å². The quantitative estimate of drug-likeness (QED) is 0.563. The Labute approximate surface area is 159 Å². The van der Waals surface area contributed by atoms with Crippen LogP contribution in [0.1, 0.15) is 5.56 Å². The van der Waals surface area contributed by atoms with Gasteiger partial charge in [-0.1, -0.05) is 52.5 Å². The number of hydrogen-bond donors (Lipinski definition) is 1. The third kappa shape index (κ3) is 2.76. The monoisotopic (exact) mass is 397 g/mol. The summed E-state index contributed by atoms with van der Waals surface area (Å²) in [6, 6.07) is 10.9. The average molecular weight is 399 g/mol. The Balaban J connectivity index is 1.90. The summed E-state index contributed by atoms with van der Waals surface area (Å²) >= 11 is 24.5. The van der Waals surface area contributed by atoms with Crippen LogP contribution in [0, 0.1) is 0 Å². The standard InChI is InChI=1S/C17H11Cl4N3/c18-10-6-11(19)8-12(7-10)24-17-13(3-4-22-17)16(23-24)9-1-2-14(20)15(21)5-9/h1-2,5-8,22H,3-4H2. The maximum Gasteiger partial charge on any atom is 0.133 e. The lowest BCUT2D eigenvalue weighted by molar-refractivity contribution is 0.882. The summed E-state index contributed by atoms with van der Waals surface area (Å²) in [5.41, 5.74) is 3.76. The van der Waals surface area contributed by atoms with E-state index in [4.69, 9.17) is 51.5 Å². The number of aromatic nitrogens is 2. The number of rotatable bonds is 2. The largest absolute Gasteiger partial charge is 0.369 e. The number of nitrogens with zero attached hydrogens (tertiary/aromatic N) is 2. The van der Waals surface area contributed by atoms with E-state index in [0.717, 1.165) is 41.3 Å². The van der Waals surface area contributed by atoms with Crippen molar-refractivity contribution < 1.29 is 0 Å². The smallest absolute Gasteiger partial charge is 0.133 e. The van der Waals surface area contributed by atoms with Gasteiger partial charge in [-0.05, 0) is 36.8 Å². The van der Waals surface area contributed by atoms with Crippen LogP contribution in [0.15, 0.2) is 36.4 Å². The van der Waals surface area contributed by atoms with E-state index in [1.165, 1.54) is 0 Å². The van der Waals surface area contributed by atoms with Gasteiger partial charge in [-0.25, -0.2) is 4.68 Å². The number of fused-ring (bicyclic) bond motifs is 1. The van der Waals surface area contributed by atoms with Crippen molar-refractivity contribution in [2.24, 2.45) is 0 Å². The Kier molecular flexibility index (Phi) is 4.13. The van der Waals surface area contributed by atoms with Crippen LogP contribution in [0.3, 0.4) is 0 Å². The van der Waals surface area contributed by atoms with E-state index < -0.39 is 0 Å². The summed E-state index contributed by atoms with van der Waals surface area (Å²) in [4.78, 5) is 0. The van der Waals surface area contributed by atoms with E-state index in [-0.39, 0.29) is 0 Å². The highest BCUT2D eigenvalue weighted by molar-refractivity contribution is 6.42. The van der Waals surface area contributed by atoms with E-state index in [1.807, 2.05) is 28.9 Å². The molecule has 122 valence electrons. The molecule has 0 aliphatic carbocycles. The lowest BCUT2D eigenvalue weighted by Crippen LogP contribution is -2.04. The third-order valence-corrected chi connectivity index (χ3v) is 5.11. The molecule has 1 N–H and O–H groups in total. The third-order valence-electron chi connectivity index (χ3n) is 3.94. The maximum atomic E-state index is 6.16. The molecule has 2 heterocycles. The zero-order valence-corrected chi connectivity index (χ0v) is 15.3. The predicted octanol–water partition coefficient (Wildman–Crippen LogP) is 6.12. The number of benzene rings is 2. The second kappa shape index (κ2) is 6.16.